The molecule has 1 aromatic heterocycles. The number of hydrogen-bond acceptors (Lipinski definition) is 5. The van der Waals surface area contributed by atoms with Crippen LogP contribution < -0.4 is 16.2 Å². The van der Waals surface area contributed by atoms with Gasteiger partial charge < -0.3 is 5.32 Å². The number of carbonyl (C=O) groups is 1. The van der Waals surface area contributed by atoms with Crippen LogP contribution in [0.3, 0.4) is 0 Å². The topological polar surface area (TPSA) is 69.3 Å². The number of nitrogens with one attached hydrogen (secondary N) is 3. The van der Waals surface area contributed by atoms with E-state index in [1.54, 1.807) is 12.3 Å². The number of hydrazine groups is 1. The van der Waals surface area contributed by atoms with Crippen LogP contribution in [0.4, 0.5) is 5.82 Å². The van der Waals surface area contributed by atoms with Crippen LogP contribution in [0, 0.1) is 0 Å². The third kappa shape index (κ3) is 3.68. The fraction of sp³-hybridized carbons (Fsp3) is 0.500. The highest BCUT2D eigenvalue weighted by molar-refractivity contribution is 5.79. The van der Waals surface area contributed by atoms with E-state index in [9.17, 15) is 4.79 Å². The maximum Gasteiger partial charge on any atom is 0.252 e. The molecule has 98 valence electrons. The van der Waals surface area contributed by atoms with Gasteiger partial charge in [-0.1, -0.05) is 6.07 Å². The van der Waals surface area contributed by atoms with Gasteiger partial charge in [0.15, 0.2) is 0 Å². The van der Waals surface area contributed by atoms with Crippen molar-refractivity contribution in [2.45, 2.75) is 13.0 Å². The number of carbonyl (C=O) groups excluding carboxylic acids is 1. The molecule has 0 spiro atoms. The standard InChI is InChI=1S/C12H19N5O/c1-10-8-13-6-7-17(10)9-12(18)16-15-11-4-2-3-5-14-11/h2-5,10,13H,6-9H2,1H3,(H,14,15)(H,16,18). The van der Waals surface area contributed by atoms with Crippen LogP contribution >= 0.6 is 0 Å². The second-order valence-electron chi connectivity index (χ2n) is 4.41. The van der Waals surface area contributed by atoms with E-state index >= 15 is 0 Å². The summed E-state index contributed by atoms with van der Waals surface area (Å²) in [7, 11) is 0. The van der Waals surface area contributed by atoms with Gasteiger partial charge in [0.05, 0.1) is 6.54 Å². The second-order valence-corrected chi connectivity index (χ2v) is 4.41. The van der Waals surface area contributed by atoms with Crippen LogP contribution in [0.2, 0.25) is 0 Å². The van der Waals surface area contributed by atoms with Crippen molar-refractivity contribution in [1.29, 1.82) is 0 Å². The smallest absolute Gasteiger partial charge is 0.252 e. The zero-order chi connectivity index (χ0) is 12.8. The van der Waals surface area contributed by atoms with Crippen molar-refractivity contribution >= 4 is 11.7 Å². The Bertz CT molecular complexity index is 383. The van der Waals surface area contributed by atoms with Crippen molar-refractivity contribution in [3.05, 3.63) is 24.4 Å². The fourth-order valence-corrected chi connectivity index (χ4v) is 1.91. The van der Waals surface area contributed by atoms with Gasteiger partial charge in [-0.2, -0.15) is 0 Å². The summed E-state index contributed by atoms with van der Waals surface area (Å²) >= 11 is 0. The molecule has 0 bridgehead atoms. The van der Waals surface area contributed by atoms with E-state index in [1.165, 1.54) is 0 Å². The summed E-state index contributed by atoms with van der Waals surface area (Å²) in [4.78, 5) is 18.0. The zero-order valence-corrected chi connectivity index (χ0v) is 10.5. The monoisotopic (exact) mass is 249 g/mol. The molecule has 1 atom stereocenters. The Balaban J connectivity index is 1.75. The van der Waals surface area contributed by atoms with Crippen LogP contribution in [0.25, 0.3) is 0 Å². The summed E-state index contributed by atoms with van der Waals surface area (Å²) in [5.74, 6) is 0.591. The summed E-state index contributed by atoms with van der Waals surface area (Å²) in [5, 5.41) is 3.30. The zero-order valence-electron chi connectivity index (χ0n) is 10.5. The van der Waals surface area contributed by atoms with E-state index < -0.39 is 0 Å². The Morgan fingerprint density at radius 2 is 2.50 bits per heavy atom. The number of nitrogens with zero attached hydrogens (tertiary/aromatic N) is 2. The highest BCUT2D eigenvalue weighted by Gasteiger charge is 2.19. The first-order valence-corrected chi connectivity index (χ1v) is 6.16. The van der Waals surface area contributed by atoms with E-state index in [2.05, 4.69) is 33.0 Å². The number of hydrogen-bond donors (Lipinski definition) is 3. The average molecular weight is 249 g/mol. The van der Waals surface area contributed by atoms with E-state index in [0.717, 1.165) is 19.6 Å². The van der Waals surface area contributed by atoms with Crippen molar-refractivity contribution in [3.63, 3.8) is 0 Å². The Labute approximate surface area is 107 Å². The van der Waals surface area contributed by atoms with Crippen molar-refractivity contribution in [1.82, 2.24) is 20.6 Å². The molecule has 0 aliphatic carbocycles. The van der Waals surface area contributed by atoms with E-state index in [1.807, 2.05) is 12.1 Å². The Kier molecular flexibility index (Phi) is 4.49. The lowest BCUT2D eigenvalue weighted by Crippen LogP contribution is -2.53. The molecule has 1 saturated heterocycles. The quantitative estimate of drug-likeness (QED) is 0.646. The van der Waals surface area contributed by atoms with Gasteiger partial charge in [0.1, 0.15) is 5.82 Å². The lowest BCUT2D eigenvalue weighted by Gasteiger charge is -2.33. The summed E-state index contributed by atoms with van der Waals surface area (Å²) in [5.41, 5.74) is 5.45. The number of anilines is 1. The molecule has 0 radical (unpaired) electrons. The lowest BCUT2D eigenvalue weighted by molar-refractivity contribution is -0.122. The molecule has 6 nitrogen and oxygen atoms in total. The normalized spacial score (nSPS) is 20.4. The number of piperazine rings is 1. The third-order valence-electron chi connectivity index (χ3n) is 2.98. The van der Waals surface area contributed by atoms with Crippen molar-refractivity contribution in [2.75, 3.05) is 31.6 Å². The second kappa shape index (κ2) is 6.32. The average Bonchev–Trinajstić information content (AvgIpc) is 2.40. The first-order valence-electron chi connectivity index (χ1n) is 6.16. The van der Waals surface area contributed by atoms with Crippen LogP contribution in [-0.4, -0.2) is 48.0 Å². The van der Waals surface area contributed by atoms with E-state index in [4.69, 9.17) is 0 Å². The van der Waals surface area contributed by atoms with Gasteiger partial charge in [-0.3, -0.25) is 20.5 Å². The summed E-state index contributed by atoms with van der Waals surface area (Å²) in [6.45, 7) is 5.29. The molecule has 1 aromatic rings. The summed E-state index contributed by atoms with van der Waals surface area (Å²) < 4.78 is 0. The Morgan fingerprint density at radius 3 is 3.22 bits per heavy atom. The third-order valence-corrected chi connectivity index (χ3v) is 2.98. The SMILES string of the molecule is CC1CNCCN1CC(=O)NNc1ccccn1. The first kappa shape index (κ1) is 12.8. The summed E-state index contributed by atoms with van der Waals surface area (Å²) in [6.07, 6.45) is 1.67. The van der Waals surface area contributed by atoms with Crippen LogP contribution in [0.5, 0.6) is 0 Å². The van der Waals surface area contributed by atoms with Gasteiger partial charge in [-0.15, -0.1) is 0 Å². The molecule has 2 rings (SSSR count). The molecule has 18 heavy (non-hydrogen) atoms. The Morgan fingerprint density at radius 1 is 1.61 bits per heavy atom. The van der Waals surface area contributed by atoms with Crippen molar-refractivity contribution in [2.24, 2.45) is 0 Å². The predicted octanol–water partition coefficient (Wildman–Crippen LogP) is -0.182. The molecule has 1 fully saturated rings. The number of aromatic nitrogens is 1. The van der Waals surface area contributed by atoms with Gasteiger partial charge >= 0.3 is 0 Å². The molecule has 1 amide bonds. The number of pyridine rings is 1. The van der Waals surface area contributed by atoms with Gasteiger partial charge in [0.2, 0.25) is 0 Å². The molecular weight excluding hydrogens is 230 g/mol. The first-order chi connectivity index (χ1) is 8.75. The molecular formula is C12H19N5O. The van der Waals surface area contributed by atoms with Gasteiger partial charge in [-0.05, 0) is 19.1 Å². The minimum absolute atomic E-state index is 0.0468. The molecule has 1 unspecified atom stereocenters. The minimum Gasteiger partial charge on any atom is -0.314 e. The molecule has 3 N–H and O–H groups in total. The highest BCUT2D eigenvalue weighted by Crippen LogP contribution is 2.01. The van der Waals surface area contributed by atoms with Crippen molar-refractivity contribution < 1.29 is 4.79 Å². The van der Waals surface area contributed by atoms with Crippen LogP contribution in [0.15, 0.2) is 24.4 Å². The van der Waals surface area contributed by atoms with Crippen LogP contribution in [-0.2, 0) is 4.79 Å². The lowest BCUT2D eigenvalue weighted by atomic mass is 10.2. The maximum atomic E-state index is 11.8. The molecule has 1 aliphatic rings. The maximum absolute atomic E-state index is 11.8. The predicted molar refractivity (Wildman–Crippen MR) is 69.9 cm³/mol. The highest BCUT2D eigenvalue weighted by atomic mass is 16.2. The van der Waals surface area contributed by atoms with Crippen molar-refractivity contribution in [3.8, 4) is 0 Å². The minimum atomic E-state index is -0.0468. The molecule has 1 aliphatic heterocycles. The molecule has 2 heterocycles. The van der Waals surface area contributed by atoms with Gasteiger partial charge in [0.25, 0.3) is 5.91 Å². The molecule has 0 saturated carbocycles. The largest absolute Gasteiger partial charge is 0.314 e. The van der Waals surface area contributed by atoms with Gasteiger partial charge in [0, 0.05) is 31.9 Å². The Hall–Kier alpha value is -1.66. The molecule has 0 aromatic carbocycles. The fourth-order valence-electron chi connectivity index (χ4n) is 1.91. The summed E-state index contributed by atoms with van der Waals surface area (Å²) in [6, 6.07) is 5.88. The van der Waals surface area contributed by atoms with E-state index in [-0.39, 0.29) is 5.91 Å². The number of amides is 1. The molecule has 6 heteroatoms. The van der Waals surface area contributed by atoms with Gasteiger partial charge in [-0.25, -0.2) is 4.98 Å². The number of rotatable bonds is 4. The van der Waals surface area contributed by atoms with Crippen LogP contribution in [0.1, 0.15) is 6.92 Å². The van der Waals surface area contributed by atoms with E-state index in [0.29, 0.717) is 18.4 Å².